The lowest BCUT2D eigenvalue weighted by Gasteiger charge is -2.35. The van der Waals surface area contributed by atoms with Crippen LogP contribution in [-0.2, 0) is 4.79 Å². The summed E-state index contributed by atoms with van der Waals surface area (Å²) in [5.41, 5.74) is 0. The molecule has 0 saturated carbocycles. The number of halogens is 3. The molecule has 1 aliphatic heterocycles. The van der Waals surface area contributed by atoms with Gasteiger partial charge in [-0.15, -0.1) is 0 Å². The highest BCUT2D eigenvalue weighted by Gasteiger charge is 2.36. The molecule has 5 nitrogen and oxygen atoms in total. The molecule has 0 aromatic heterocycles. The number of piperidine rings is 1. The van der Waals surface area contributed by atoms with E-state index in [1.165, 1.54) is 4.90 Å². The van der Waals surface area contributed by atoms with E-state index in [-0.39, 0.29) is 13.1 Å². The lowest BCUT2D eigenvalue weighted by molar-refractivity contribution is -0.145. The SMILES string of the molecule is CCCN(CC(F)(F)F)C(=O)N1CCCC(C(=O)O)C1. The predicted octanol–water partition coefficient (Wildman–Crippen LogP) is 2.18. The number of nitrogens with zero attached hydrogens (tertiary/aromatic N) is 2. The monoisotopic (exact) mass is 296 g/mol. The van der Waals surface area contributed by atoms with E-state index in [1.807, 2.05) is 0 Å². The number of alkyl halides is 3. The third-order valence-electron chi connectivity index (χ3n) is 3.18. The van der Waals surface area contributed by atoms with E-state index in [1.54, 1.807) is 6.92 Å². The van der Waals surface area contributed by atoms with Gasteiger partial charge in [0.1, 0.15) is 6.54 Å². The van der Waals surface area contributed by atoms with Crippen molar-refractivity contribution in [1.29, 1.82) is 0 Å². The minimum absolute atomic E-state index is 0.00653. The number of hydrogen-bond donors (Lipinski definition) is 1. The summed E-state index contributed by atoms with van der Waals surface area (Å²) in [4.78, 5) is 25.0. The topological polar surface area (TPSA) is 60.9 Å². The number of urea groups is 1. The smallest absolute Gasteiger partial charge is 0.406 e. The van der Waals surface area contributed by atoms with Gasteiger partial charge in [0.15, 0.2) is 0 Å². The lowest BCUT2D eigenvalue weighted by Crippen LogP contribution is -2.51. The van der Waals surface area contributed by atoms with Gasteiger partial charge < -0.3 is 14.9 Å². The summed E-state index contributed by atoms with van der Waals surface area (Å²) in [6, 6.07) is -0.727. The summed E-state index contributed by atoms with van der Waals surface area (Å²) in [5.74, 6) is -1.71. The highest BCUT2D eigenvalue weighted by molar-refractivity contribution is 5.76. The molecule has 0 spiro atoms. The van der Waals surface area contributed by atoms with Gasteiger partial charge in [-0.05, 0) is 19.3 Å². The summed E-state index contributed by atoms with van der Waals surface area (Å²) < 4.78 is 37.4. The molecule has 1 aliphatic rings. The molecule has 116 valence electrons. The molecule has 0 radical (unpaired) electrons. The van der Waals surface area contributed by atoms with Crippen molar-refractivity contribution in [1.82, 2.24) is 9.80 Å². The Bertz CT molecular complexity index is 360. The number of carbonyl (C=O) groups excluding carboxylic acids is 1. The number of carboxylic acids is 1. The molecule has 1 saturated heterocycles. The van der Waals surface area contributed by atoms with Gasteiger partial charge in [-0.25, -0.2) is 4.79 Å². The first-order chi connectivity index (χ1) is 9.24. The summed E-state index contributed by atoms with van der Waals surface area (Å²) >= 11 is 0. The summed E-state index contributed by atoms with van der Waals surface area (Å²) in [6.07, 6.45) is -3.09. The number of aliphatic carboxylic acids is 1. The van der Waals surface area contributed by atoms with Crippen molar-refractivity contribution in [3.63, 3.8) is 0 Å². The third-order valence-corrected chi connectivity index (χ3v) is 3.18. The number of likely N-dealkylation sites (tertiary alicyclic amines) is 1. The molecule has 1 rings (SSSR count). The average molecular weight is 296 g/mol. The fourth-order valence-corrected chi connectivity index (χ4v) is 2.28. The molecule has 0 aliphatic carbocycles. The molecule has 1 fully saturated rings. The van der Waals surface area contributed by atoms with E-state index in [4.69, 9.17) is 5.11 Å². The molecule has 0 aromatic rings. The fraction of sp³-hybridized carbons (Fsp3) is 0.833. The Morgan fingerprint density at radius 1 is 1.40 bits per heavy atom. The number of rotatable bonds is 4. The van der Waals surface area contributed by atoms with Crippen LogP contribution in [0.15, 0.2) is 0 Å². The summed E-state index contributed by atoms with van der Waals surface area (Å²) in [6.45, 7) is 0.681. The number of carboxylic acid groups (broad SMARTS) is 1. The Morgan fingerprint density at radius 3 is 2.55 bits per heavy atom. The van der Waals surface area contributed by atoms with Crippen molar-refractivity contribution in [2.45, 2.75) is 32.4 Å². The van der Waals surface area contributed by atoms with Crippen LogP contribution in [0, 0.1) is 5.92 Å². The average Bonchev–Trinajstić information content (AvgIpc) is 2.36. The quantitative estimate of drug-likeness (QED) is 0.865. The second-order valence-electron chi connectivity index (χ2n) is 4.94. The first kappa shape index (κ1) is 16.6. The predicted molar refractivity (Wildman–Crippen MR) is 65.2 cm³/mol. The van der Waals surface area contributed by atoms with Gasteiger partial charge in [0.05, 0.1) is 5.92 Å². The first-order valence-corrected chi connectivity index (χ1v) is 6.58. The van der Waals surface area contributed by atoms with E-state index in [2.05, 4.69) is 0 Å². The van der Waals surface area contributed by atoms with Crippen LogP contribution >= 0.6 is 0 Å². The minimum atomic E-state index is -4.45. The Labute approximate surface area is 115 Å². The molecular weight excluding hydrogens is 277 g/mol. The minimum Gasteiger partial charge on any atom is -0.481 e. The van der Waals surface area contributed by atoms with Crippen molar-refractivity contribution in [2.75, 3.05) is 26.2 Å². The zero-order valence-electron chi connectivity index (χ0n) is 11.3. The van der Waals surface area contributed by atoms with Crippen LogP contribution in [-0.4, -0.2) is 59.3 Å². The normalized spacial score (nSPS) is 19.8. The van der Waals surface area contributed by atoms with Gasteiger partial charge >= 0.3 is 18.2 Å². The van der Waals surface area contributed by atoms with Crippen molar-refractivity contribution in [3.05, 3.63) is 0 Å². The van der Waals surface area contributed by atoms with Gasteiger partial charge in [-0.2, -0.15) is 13.2 Å². The second kappa shape index (κ2) is 6.81. The zero-order valence-corrected chi connectivity index (χ0v) is 11.3. The Balaban J connectivity index is 2.70. The largest absolute Gasteiger partial charge is 0.481 e. The summed E-state index contributed by atoms with van der Waals surface area (Å²) in [7, 11) is 0. The van der Waals surface area contributed by atoms with Crippen molar-refractivity contribution in [2.24, 2.45) is 5.92 Å². The molecular formula is C12H19F3N2O3. The van der Waals surface area contributed by atoms with Gasteiger partial charge in [-0.3, -0.25) is 4.79 Å². The molecule has 1 heterocycles. The van der Waals surface area contributed by atoms with Crippen molar-refractivity contribution < 1.29 is 27.9 Å². The first-order valence-electron chi connectivity index (χ1n) is 6.58. The van der Waals surface area contributed by atoms with Gasteiger partial charge in [-0.1, -0.05) is 6.92 Å². The molecule has 1 unspecified atom stereocenters. The zero-order chi connectivity index (χ0) is 15.3. The Morgan fingerprint density at radius 2 is 2.05 bits per heavy atom. The van der Waals surface area contributed by atoms with Crippen LogP contribution in [0.25, 0.3) is 0 Å². The lowest BCUT2D eigenvalue weighted by atomic mass is 9.98. The maximum Gasteiger partial charge on any atom is 0.406 e. The van der Waals surface area contributed by atoms with Crippen LogP contribution in [0.3, 0.4) is 0 Å². The summed E-state index contributed by atoms with van der Waals surface area (Å²) in [5, 5.41) is 8.93. The maximum absolute atomic E-state index is 12.5. The molecule has 2 amide bonds. The molecule has 1 N–H and O–H groups in total. The van der Waals surface area contributed by atoms with E-state index >= 15 is 0 Å². The highest BCUT2D eigenvalue weighted by Crippen LogP contribution is 2.21. The van der Waals surface area contributed by atoms with E-state index in [0.29, 0.717) is 25.8 Å². The second-order valence-corrected chi connectivity index (χ2v) is 4.94. The highest BCUT2D eigenvalue weighted by atomic mass is 19.4. The van der Waals surface area contributed by atoms with Crippen LogP contribution in [0.4, 0.5) is 18.0 Å². The number of amides is 2. The standard InChI is InChI=1S/C12H19F3N2O3/c1-2-5-17(8-12(13,14)15)11(20)16-6-3-4-9(7-16)10(18)19/h9H,2-8H2,1H3,(H,18,19). The Kier molecular flexibility index (Phi) is 5.64. The van der Waals surface area contributed by atoms with E-state index < -0.39 is 30.6 Å². The van der Waals surface area contributed by atoms with Crippen LogP contribution in [0.5, 0.6) is 0 Å². The molecule has 8 heteroatoms. The van der Waals surface area contributed by atoms with Gasteiger partial charge in [0, 0.05) is 19.6 Å². The maximum atomic E-state index is 12.5. The van der Waals surface area contributed by atoms with E-state index in [0.717, 1.165) is 4.90 Å². The van der Waals surface area contributed by atoms with Crippen molar-refractivity contribution >= 4 is 12.0 Å². The Hall–Kier alpha value is -1.47. The van der Waals surface area contributed by atoms with Crippen LogP contribution in [0.2, 0.25) is 0 Å². The number of carbonyl (C=O) groups is 2. The fourth-order valence-electron chi connectivity index (χ4n) is 2.28. The van der Waals surface area contributed by atoms with Gasteiger partial charge in [0.2, 0.25) is 0 Å². The molecule has 1 atom stereocenters. The third kappa shape index (κ3) is 4.90. The van der Waals surface area contributed by atoms with Crippen LogP contribution < -0.4 is 0 Å². The van der Waals surface area contributed by atoms with Gasteiger partial charge in [0.25, 0.3) is 0 Å². The molecule has 0 aromatic carbocycles. The molecule has 20 heavy (non-hydrogen) atoms. The molecule has 0 bridgehead atoms. The van der Waals surface area contributed by atoms with Crippen LogP contribution in [0.1, 0.15) is 26.2 Å². The number of hydrogen-bond acceptors (Lipinski definition) is 2. The van der Waals surface area contributed by atoms with Crippen molar-refractivity contribution in [3.8, 4) is 0 Å². The van der Waals surface area contributed by atoms with E-state index in [9.17, 15) is 22.8 Å².